The first kappa shape index (κ1) is 23.2. The topological polar surface area (TPSA) is 42.8 Å². The predicted molar refractivity (Wildman–Crippen MR) is 90.4 cm³/mol. The number of alkyl halides is 7. The molecular formula is C18H14F8N2O2. The number of hydrazone groups is 1. The molecule has 0 unspecified atom stereocenters. The smallest absolute Gasteiger partial charge is 0.462 e. The van der Waals surface area contributed by atoms with Crippen molar-refractivity contribution in [2.24, 2.45) is 5.10 Å². The lowest BCUT2D eigenvalue weighted by atomic mass is 10.2. The third kappa shape index (κ3) is 4.92. The zero-order chi connectivity index (χ0) is 22.6. The van der Waals surface area contributed by atoms with Crippen molar-refractivity contribution in [1.29, 1.82) is 0 Å². The van der Waals surface area contributed by atoms with E-state index in [1.165, 1.54) is 43.5 Å². The molecule has 0 aliphatic heterocycles. The van der Waals surface area contributed by atoms with Gasteiger partial charge in [0.05, 0.1) is 13.3 Å². The van der Waals surface area contributed by atoms with Gasteiger partial charge < -0.3 is 9.47 Å². The third-order valence-corrected chi connectivity index (χ3v) is 3.72. The van der Waals surface area contributed by atoms with Gasteiger partial charge in [-0.2, -0.15) is 35.8 Å². The molecule has 2 aromatic carbocycles. The Balaban J connectivity index is 2.24. The van der Waals surface area contributed by atoms with Crippen molar-refractivity contribution in [2.75, 3.05) is 7.11 Å². The number of benzene rings is 2. The second kappa shape index (κ2) is 8.76. The van der Waals surface area contributed by atoms with Crippen molar-refractivity contribution < 1.29 is 44.6 Å². The van der Waals surface area contributed by atoms with Crippen molar-refractivity contribution in [3.8, 4) is 11.5 Å². The van der Waals surface area contributed by atoms with Gasteiger partial charge in [0, 0.05) is 11.1 Å². The highest BCUT2D eigenvalue weighted by molar-refractivity contribution is 5.84. The molecule has 30 heavy (non-hydrogen) atoms. The molecule has 12 heteroatoms. The molecule has 1 N–H and O–H groups in total. The normalized spacial score (nSPS) is 12.8. The summed E-state index contributed by atoms with van der Waals surface area (Å²) in [6, 6.07) is 3.86. The number of nitrogens with zero attached hydrogens (tertiary/aromatic N) is 1. The van der Waals surface area contributed by atoms with Crippen LogP contribution < -0.4 is 14.9 Å². The van der Waals surface area contributed by atoms with E-state index in [1.807, 2.05) is 0 Å². The number of nitrogens with one attached hydrogen (secondary N) is 1. The summed E-state index contributed by atoms with van der Waals surface area (Å²) in [6.07, 6.45) is -5.96. The molecule has 0 saturated carbocycles. The average molecular weight is 442 g/mol. The van der Waals surface area contributed by atoms with Crippen molar-refractivity contribution in [3.05, 3.63) is 59.4 Å². The molecule has 2 rings (SSSR count). The van der Waals surface area contributed by atoms with Gasteiger partial charge >= 0.3 is 18.1 Å². The van der Waals surface area contributed by atoms with Gasteiger partial charge in [-0.3, -0.25) is 0 Å². The van der Waals surface area contributed by atoms with Gasteiger partial charge in [-0.15, -0.1) is 0 Å². The molecule has 0 aromatic heterocycles. The van der Waals surface area contributed by atoms with Crippen LogP contribution in [0.25, 0.3) is 0 Å². The lowest BCUT2D eigenvalue weighted by Crippen LogP contribution is -2.58. The molecule has 0 bridgehead atoms. The number of rotatable bonds is 8. The number of hydrogen-bond donors (Lipinski definition) is 1. The van der Waals surface area contributed by atoms with E-state index in [4.69, 9.17) is 9.47 Å². The van der Waals surface area contributed by atoms with Gasteiger partial charge in [0.15, 0.2) is 11.5 Å². The standard InChI is InChI=1S/C18H14F8N2O2/c1-29-14-8-4-6-11(15(14)30-10-12-5-2-3-7-13(12)19)9-27-28-18(25,26)16(20,21)17(22,23)24/h2-9,28H,10H2,1H3/b27-9-. The molecule has 0 radical (unpaired) electrons. The zero-order valence-corrected chi connectivity index (χ0v) is 15.1. The summed E-state index contributed by atoms with van der Waals surface area (Å²) in [5, 5.41) is 2.79. The lowest BCUT2D eigenvalue weighted by Gasteiger charge is -2.27. The Morgan fingerprint density at radius 3 is 2.23 bits per heavy atom. The van der Waals surface area contributed by atoms with Gasteiger partial charge in [0.2, 0.25) is 0 Å². The van der Waals surface area contributed by atoms with Crippen LogP contribution >= 0.6 is 0 Å². The summed E-state index contributed by atoms with van der Waals surface area (Å²) in [7, 11) is 1.24. The Morgan fingerprint density at radius 1 is 0.967 bits per heavy atom. The molecule has 0 spiro atoms. The van der Waals surface area contributed by atoms with E-state index in [0.29, 0.717) is 11.6 Å². The van der Waals surface area contributed by atoms with Crippen LogP contribution in [0, 0.1) is 5.82 Å². The van der Waals surface area contributed by atoms with Crippen LogP contribution in [0.3, 0.4) is 0 Å². The van der Waals surface area contributed by atoms with E-state index in [-0.39, 0.29) is 29.2 Å². The van der Waals surface area contributed by atoms with Gasteiger partial charge in [0.1, 0.15) is 12.4 Å². The minimum absolute atomic E-state index is 0.0580. The van der Waals surface area contributed by atoms with Crippen LogP contribution in [0.2, 0.25) is 0 Å². The second-order valence-electron chi connectivity index (χ2n) is 5.78. The Bertz CT molecular complexity index is 900. The molecule has 0 fully saturated rings. The van der Waals surface area contributed by atoms with Crippen molar-refractivity contribution in [2.45, 2.75) is 24.8 Å². The summed E-state index contributed by atoms with van der Waals surface area (Å²) in [5.74, 6) is -7.02. The molecular weight excluding hydrogens is 428 g/mol. The first-order valence-corrected chi connectivity index (χ1v) is 8.06. The Morgan fingerprint density at radius 2 is 1.63 bits per heavy atom. The van der Waals surface area contributed by atoms with E-state index in [1.54, 1.807) is 6.07 Å². The molecule has 0 heterocycles. The van der Waals surface area contributed by atoms with Crippen LogP contribution in [-0.4, -0.2) is 31.5 Å². The summed E-state index contributed by atoms with van der Waals surface area (Å²) in [4.78, 5) is 0. The van der Waals surface area contributed by atoms with Gasteiger partial charge in [-0.25, -0.2) is 9.82 Å². The summed E-state index contributed by atoms with van der Waals surface area (Å²) in [6.45, 7) is -0.316. The van der Waals surface area contributed by atoms with Crippen LogP contribution in [0.1, 0.15) is 11.1 Å². The highest BCUT2D eigenvalue weighted by atomic mass is 19.4. The first-order chi connectivity index (χ1) is 13.9. The van der Waals surface area contributed by atoms with Crippen LogP contribution in [-0.2, 0) is 6.61 Å². The highest BCUT2D eigenvalue weighted by Gasteiger charge is 2.73. The Hall–Kier alpha value is -3.05. The lowest BCUT2D eigenvalue weighted by molar-refractivity contribution is -0.361. The largest absolute Gasteiger partial charge is 0.493 e. The number of halogens is 8. The van der Waals surface area contributed by atoms with Gasteiger partial charge in [0.25, 0.3) is 0 Å². The third-order valence-electron chi connectivity index (χ3n) is 3.72. The van der Waals surface area contributed by atoms with Crippen LogP contribution in [0.4, 0.5) is 35.1 Å². The Kier molecular flexibility index (Phi) is 6.78. The van der Waals surface area contributed by atoms with Gasteiger partial charge in [-0.05, 0) is 18.2 Å². The molecule has 0 aliphatic rings. The second-order valence-corrected chi connectivity index (χ2v) is 5.78. The number of hydrogen-bond acceptors (Lipinski definition) is 4. The maximum atomic E-state index is 13.7. The van der Waals surface area contributed by atoms with Gasteiger partial charge in [-0.1, -0.05) is 24.3 Å². The van der Waals surface area contributed by atoms with Crippen LogP contribution in [0.5, 0.6) is 11.5 Å². The SMILES string of the molecule is COc1cccc(/C=N\NC(F)(F)C(F)(F)C(F)(F)F)c1OCc1ccccc1F. The highest BCUT2D eigenvalue weighted by Crippen LogP contribution is 2.45. The quantitative estimate of drug-likeness (QED) is 0.267. The van der Waals surface area contributed by atoms with Crippen molar-refractivity contribution in [3.63, 3.8) is 0 Å². The summed E-state index contributed by atoms with van der Waals surface area (Å²) >= 11 is 0. The molecule has 2 aromatic rings. The van der Waals surface area contributed by atoms with E-state index in [9.17, 15) is 35.1 Å². The van der Waals surface area contributed by atoms with E-state index in [0.717, 1.165) is 0 Å². The number of para-hydroxylation sites is 1. The Labute approximate surface area is 165 Å². The fourth-order valence-corrected chi connectivity index (χ4v) is 2.15. The average Bonchev–Trinajstić information content (AvgIpc) is 2.66. The van der Waals surface area contributed by atoms with Crippen LogP contribution in [0.15, 0.2) is 47.6 Å². The minimum atomic E-state index is -6.50. The van der Waals surface area contributed by atoms with Crippen molar-refractivity contribution in [1.82, 2.24) is 5.43 Å². The molecule has 0 atom stereocenters. The summed E-state index contributed by atoms with van der Waals surface area (Å²) in [5.41, 5.74) is 0.544. The minimum Gasteiger partial charge on any atom is -0.493 e. The van der Waals surface area contributed by atoms with E-state index < -0.39 is 24.0 Å². The van der Waals surface area contributed by atoms with Crippen molar-refractivity contribution >= 4 is 6.21 Å². The zero-order valence-electron chi connectivity index (χ0n) is 15.1. The fraction of sp³-hybridized carbons (Fsp3) is 0.278. The maximum absolute atomic E-state index is 13.7. The molecule has 0 amide bonds. The summed E-state index contributed by atoms with van der Waals surface area (Å²) < 4.78 is 113. The first-order valence-electron chi connectivity index (χ1n) is 8.06. The van der Waals surface area contributed by atoms with E-state index >= 15 is 0 Å². The number of methoxy groups -OCH3 is 1. The van der Waals surface area contributed by atoms with E-state index in [2.05, 4.69) is 5.10 Å². The number of ether oxygens (including phenoxy) is 2. The monoisotopic (exact) mass is 442 g/mol. The molecule has 164 valence electrons. The molecule has 0 aliphatic carbocycles. The predicted octanol–water partition coefficient (Wildman–Crippen LogP) is 5.13. The molecule has 4 nitrogen and oxygen atoms in total. The molecule has 0 saturated heterocycles. The maximum Gasteiger partial charge on any atom is 0.462 e. The fourth-order valence-electron chi connectivity index (χ4n) is 2.15.